The minimum atomic E-state index is 0.199. The highest BCUT2D eigenvalue weighted by Gasteiger charge is 2.27. The molecule has 3 heteroatoms. The molecule has 1 aromatic rings. The second kappa shape index (κ2) is 4.07. The maximum absolute atomic E-state index is 5.85. The second-order valence-corrected chi connectivity index (χ2v) is 4.38. The van der Waals surface area contributed by atoms with Gasteiger partial charge >= 0.3 is 0 Å². The fourth-order valence-corrected chi connectivity index (χ4v) is 2.71. The molecule has 0 amide bonds. The number of likely N-dealkylation sites (N-methyl/N-ethyl adjacent to an activating group) is 1. The molecular weight excluding hydrogens is 202 g/mol. The Morgan fingerprint density at radius 3 is 3.12 bits per heavy atom. The van der Waals surface area contributed by atoms with E-state index in [1.54, 1.807) is 0 Å². The SMILES string of the molecule is CNCC1OCCc2ccc3c(c21)CCO3. The van der Waals surface area contributed by atoms with Gasteiger partial charge in [0, 0.05) is 18.5 Å². The van der Waals surface area contributed by atoms with E-state index in [-0.39, 0.29) is 6.10 Å². The monoisotopic (exact) mass is 219 g/mol. The molecule has 0 radical (unpaired) electrons. The van der Waals surface area contributed by atoms with Crippen molar-refractivity contribution in [1.82, 2.24) is 5.32 Å². The third-order valence-electron chi connectivity index (χ3n) is 3.42. The van der Waals surface area contributed by atoms with Gasteiger partial charge in [-0.25, -0.2) is 0 Å². The Kier molecular flexibility index (Phi) is 2.58. The van der Waals surface area contributed by atoms with Gasteiger partial charge in [0.05, 0.1) is 19.3 Å². The molecule has 2 aliphatic heterocycles. The van der Waals surface area contributed by atoms with Crippen LogP contribution in [0.25, 0.3) is 0 Å². The molecule has 86 valence electrons. The van der Waals surface area contributed by atoms with Crippen LogP contribution in [-0.4, -0.2) is 26.8 Å². The van der Waals surface area contributed by atoms with Gasteiger partial charge in [-0.1, -0.05) is 6.07 Å². The van der Waals surface area contributed by atoms with Gasteiger partial charge in [0.15, 0.2) is 0 Å². The summed E-state index contributed by atoms with van der Waals surface area (Å²) in [5.74, 6) is 1.06. The molecule has 3 nitrogen and oxygen atoms in total. The number of rotatable bonds is 2. The first kappa shape index (κ1) is 10.1. The van der Waals surface area contributed by atoms with E-state index in [1.807, 2.05) is 7.05 Å². The van der Waals surface area contributed by atoms with E-state index in [1.165, 1.54) is 16.7 Å². The Morgan fingerprint density at radius 1 is 1.31 bits per heavy atom. The standard InChI is InChI=1S/C13H17NO2/c1-14-8-12-13-9(4-6-16-12)2-3-11-10(13)5-7-15-11/h2-3,12,14H,4-8H2,1H3. The van der Waals surface area contributed by atoms with Crippen molar-refractivity contribution < 1.29 is 9.47 Å². The topological polar surface area (TPSA) is 30.5 Å². The van der Waals surface area contributed by atoms with Crippen LogP contribution in [0.1, 0.15) is 22.8 Å². The number of nitrogens with one attached hydrogen (secondary N) is 1. The van der Waals surface area contributed by atoms with Crippen LogP contribution in [0, 0.1) is 0 Å². The van der Waals surface area contributed by atoms with Gasteiger partial charge < -0.3 is 14.8 Å². The van der Waals surface area contributed by atoms with Crippen molar-refractivity contribution >= 4 is 0 Å². The van der Waals surface area contributed by atoms with Crippen molar-refractivity contribution in [3.63, 3.8) is 0 Å². The van der Waals surface area contributed by atoms with E-state index >= 15 is 0 Å². The van der Waals surface area contributed by atoms with Gasteiger partial charge in [0.25, 0.3) is 0 Å². The van der Waals surface area contributed by atoms with E-state index in [4.69, 9.17) is 9.47 Å². The van der Waals surface area contributed by atoms with Gasteiger partial charge in [-0.2, -0.15) is 0 Å². The predicted octanol–water partition coefficient (Wildman–Crippen LogP) is 1.45. The molecule has 3 rings (SSSR count). The van der Waals surface area contributed by atoms with E-state index in [2.05, 4.69) is 17.4 Å². The highest BCUT2D eigenvalue weighted by molar-refractivity contribution is 5.49. The molecule has 2 aliphatic rings. The van der Waals surface area contributed by atoms with E-state index in [0.717, 1.165) is 38.3 Å². The van der Waals surface area contributed by atoms with Crippen LogP contribution in [0.5, 0.6) is 5.75 Å². The Labute approximate surface area is 95.8 Å². The first-order valence-corrected chi connectivity index (χ1v) is 5.94. The molecule has 0 fully saturated rings. The lowest BCUT2D eigenvalue weighted by molar-refractivity contribution is 0.0432. The summed E-state index contributed by atoms with van der Waals surface area (Å²) in [5, 5.41) is 3.20. The van der Waals surface area contributed by atoms with Crippen molar-refractivity contribution in [2.24, 2.45) is 0 Å². The first-order chi connectivity index (χ1) is 7.90. The van der Waals surface area contributed by atoms with Crippen molar-refractivity contribution in [3.8, 4) is 5.75 Å². The zero-order valence-corrected chi connectivity index (χ0v) is 9.58. The molecular formula is C13H17NO2. The van der Waals surface area contributed by atoms with Crippen molar-refractivity contribution in [3.05, 3.63) is 28.8 Å². The summed E-state index contributed by atoms with van der Waals surface area (Å²) in [6, 6.07) is 4.31. The summed E-state index contributed by atoms with van der Waals surface area (Å²) in [5.41, 5.74) is 4.20. The van der Waals surface area contributed by atoms with E-state index in [9.17, 15) is 0 Å². The van der Waals surface area contributed by atoms with Gasteiger partial charge in [-0.3, -0.25) is 0 Å². The van der Waals surface area contributed by atoms with Crippen molar-refractivity contribution in [1.29, 1.82) is 0 Å². The zero-order valence-electron chi connectivity index (χ0n) is 9.58. The van der Waals surface area contributed by atoms with Gasteiger partial charge in [0.2, 0.25) is 0 Å². The second-order valence-electron chi connectivity index (χ2n) is 4.38. The molecule has 0 saturated heterocycles. The molecule has 2 heterocycles. The zero-order chi connectivity index (χ0) is 11.0. The van der Waals surface area contributed by atoms with Crippen molar-refractivity contribution in [2.75, 3.05) is 26.8 Å². The summed E-state index contributed by atoms with van der Waals surface area (Å²) in [6.45, 7) is 2.53. The normalized spacial score (nSPS) is 22.4. The van der Waals surface area contributed by atoms with Crippen LogP contribution in [0.15, 0.2) is 12.1 Å². The maximum Gasteiger partial charge on any atom is 0.123 e. The van der Waals surface area contributed by atoms with Crippen molar-refractivity contribution in [2.45, 2.75) is 18.9 Å². The predicted molar refractivity (Wildman–Crippen MR) is 62.0 cm³/mol. The van der Waals surface area contributed by atoms with Gasteiger partial charge in [0.1, 0.15) is 5.75 Å². The Bertz CT molecular complexity index is 403. The fraction of sp³-hybridized carbons (Fsp3) is 0.538. The molecule has 0 bridgehead atoms. The molecule has 1 atom stereocenters. The molecule has 0 aromatic heterocycles. The minimum Gasteiger partial charge on any atom is -0.493 e. The number of hydrogen-bond donors (Lipinski definition) is 1. The molecule has 0 spiro atoms. The van der Waals surface area contributed by atoms with Gasteiger partial charge in [-0.05, 0) is 30.7 Å². The molecule has 0 aliphatic carbocycles. The highest BCUT2D eigenvalue weighted by atomic mass is 16.5. The molecule has 0 saturated carbocycles. The Balaban J connectivity index is 2.06. The molecule has 16 heavy (non-hydrogen) atoms. The summed E-state index contributed by atoms with van der Waals surface area (Å²) in [6.07, 6.45) is 2.26. The maximum atomic E-state index is 5.85. The average Bonchev–Trinajstić information content (AvgIpc) is 2.77. The van der Waals surface area contributed by atoms with Crippen LogP contribution in [0.3, 0.4) is 0 Å². The van der Waals surface area contributed by atoms with Crippen LogP contribution < -0.4 is 10.1 Å². The number of hydrogen-bond acceptors (Lipinski definition) is 3. The van der Waals surface area contributed by atoms with E-state index < -0.39 is 0 Å². The average molecular weight is 219 g/mol. The van der Waals surface area contributed by atoms with Crippen LogP contribution in [0.2, 0.25) is 0 Å². The van der Waals surface area contributed by atoms with Crippen LogP contribution in [-0.2, 0) is 17.6 Å². The van der Waals surface area contributed by atoms with Crippen LogP contribution in [0.4, 0.5) is 0 Å². The lowest BCUT2D eigenvalue weighted by atomic mass is 9.91. The molecule has 1 N–H and O–H groups in total. The summed E-state index contributed by atoms with van der Waals surface area (Å²) < 4.78 is 11.5. The quantitative estimate of drug-likeness (QED) is 0.816. The number of benzene rings is 1. The lowest BCUT2D eigenvalue weighted by Gasteiger charge is -2.27. The largest absolute Gasteiger partial charge is 0.493 e. The van der Waals surface area contributed by atoms with E-state index in [0.29, 0.717) is 0 Å². The smallest absolute Gasteiger partial charge is 0.123 e. The molecule has 1 unspecified atom stereocenters. The number of fused-ring (bicyclic) bond motifs is 3. The first-order valence-electron chi connectivity index (χ1n) is 5.94. The summed E-state index contributed by atoms with van der Waals surface area (Å²) in [7, 11) is 1.97. The Hall–Kier alpha value is -1.06. The minimum absolute atomic E-state index is 0.199. The summed E-state index contributed by atoms with van der Waals surface area (Å²) >= 11 is 0. The number of ether oxygens (including phenoxy) is 2. The highest BCUT2D eigenvalue weighted by Crippen LogP contribution is 2.37. The fourth-order valence-electron chi connectivity index (χ4n) is 2.71. The third kappa shape index (κ3) is 1.51. The van der Waals surface area contributed by atoms with Crippen LogP contribution >= 0.6 is 0 Å². The summed E-state index contributed by atoms with van der Waals surface area (Å²) in [4.78, 5) is 0. The molecule has 1 aromatic carbocycles. The third-order valence-corrected chi connectivity index (χ3v) is 3.42. The lowest BCUT2D eigenvalue weighted by Crippen LogP contribution is -2.26. The Morgan fingerprint density at radius 2 is 2.25 bits per heavy atom. The van der Waals surface area contributed by atoms with Gasteiger partial charge in [-0.15, -0.1) is 0 Å².